The van der Waals surface area contributed by atoms with Gasteiger partial charge in [0.15, 0.2) is 5.82 Å². The lowest BCUT2D eigenvalue weighted by Gasteiger charge is -2.10. The molecule has 2 aromatic heterocycles. The summed E-state index contributed by atoms with van der Waals surface area (Å²) in [5.41, 5.74) is 1.00. The van der Waals surface area contributed by atoms with Crippen LogP contribution in [-0.4, -0.2) is 30.6 Å². The molecule has 0 spiro atoms. The lowest BCUT2D eigenvalue weighted by molar-refractivity contribution is -0.385. The maximum Gasteiger partial charge on any atom is 0.282 e. The fourth-order valence-corrected chi connectivity index (χ4v) is 2.95. The first-order valence-corrected chi connectivity index (χ1v) is 9.27. The summed E-state index contributed by atoms with van der Waals surface area (Å²) in [6.45, 7) is 1.79. The van der Waals surface area contributed by atoms with Gasteiger partial charge >= 0.3 is 0 Å². The van der Waals surface area contributed by atoms with Crippen molar-refractivity contribution < 1.29 is 9.72 Å². The van der Waals surface area contributed by atoms with Crippen LogP contribution in [0.2, 0.25) is 0 Å². The molecule has 2 heterocycles. The Kier molecular flexibility index (Phi) is 5.35. The molecule has 0 bridgehead atoms. The average molecular weight is 415 g/mol. The number of anilines is 3. The van der Waals surface area contributed by atoms with E-state index in [1.54, 1.807) is 60.4 Å². The molecule has 0 fully saturated rings. The highest BCUT2D eigenvalue weighted by molar-refractivity contribution is 6.07. The van der Waals surface area contributed by atoms with E-state index in [9.17, 15) is 14.9 Å². The standard InChI is InChI=1S/C21H17N7O3/c1-14-23-19(13-20(24-14)27-12-4-11-22-27)25-15-7-9-16(10-8-15)26-21(29)17-5-2-3-6-18(17)28(30)31/h2-13H,1H3,(H,26,29)(H,23,24,25). The molecule has 31 heavy (non-hydrogen) atoms. The first-order valence-electron chi connectivity index (χ1n) is 9.27. The number of aryl methyl sites for hydroxylation is 1. The maximum atomic E-state index is 12.4. The molecule has 0 aliphatic heterocycles. The molecule has 2 N–H and O–H groups in total. The van der Waals surface area contributed by atoms with E-state index >= 15 is 0 Å². The first kappa shape index (κ1) is 19.7. The van der Waals surface area contributed by atoms with Crippen molar-refractivity contribution >= 4 is 28.8 Å². The number of benzene rings is 2. The number of nitro benzene ring substituents is 1. The number of aromatic nitrogens is 4. The van der Waals surface area contributed by atoms with Gasteiger partial charge in [-0.1, -0.05) is 12.1 Å². The summed E-state index contributed by atoms with van der Waals surface area (Å²) in [6, 6.07) is 16.3. The zero-order chi connectivity index (χ0) is 21.8. The van der Waals surface area contributed by atoms with Crippen molar-refractivity contribution in [2.75, 3.05) is 10.6 Å². The predicted molar refractivity (Wildman–Crippen MR) is 115 cm³/mol. The number of amides is 1. The third-order valence-electron chi connectivity index (χ3n) is 4.32. The monoisotopic (exact) mass is 415 g/mol. The highest BCUT2D eigenvalue weighted by atomic mass is 16.6. The maximum absolute atomic E-state index is 12.4. The number of para-hydroxylation sites is 1. The molecule has 4 aromatic rings. The Labute approximate surface area is 176 Å². The minimum Gasteiger partial charge on any atom is -0.340 e. The van der Waals surface area contributed by atoms with E-state index in [-0.39, 0.29) is 11.3 Å². The topological polar surface area (TPSA) is 128 Å². The molecule has 0 atom stereocenters. The SMILES string of the molecule is Cc1nc(Nc2ccc(NC(=O)c3ccccc3[N+](=O)[O-])cc2)cc(-n2cccn2)n1. The molecule has 1 amide bonds. The number of carbonyl (C=O) groups is 1. The Morgan fingerprint density at radius 1 is 1.03 bits per heavy atom. The van der Waals surface area contributed by atoms with Crippen molar-refractivity contribution in [3.8, 4) is 5.82 Å². The Morgan fingerprint density at radius 2 is 1.77 bits per heavy atom. The molecule has 10 nitrogen and oxygen atoms in total. The number of nitrogens with one attached hydrogen (secondary N) is 2. The van der Waals surface area contributed by atoms with Gasteiger partial charge in [-0.25, -0.2) is 14.6 Å². The second-order valence-corrected chi connectivity index (χ2v) is 6.54. The third-order valence-corrected chi connectivity index (χ3v) is 4.32. The summed E-state index contributed by atoms with van der Waals surface area (Å²) in [5.74, 6) is 1.26. The minimum atomic E-state index is -0.580. The number of rotatable bonds is 6. The number of nitro groups is 1. The van der Waals surface area contributed by atoms with Gasteiger partial charge in [-0.3, -0.25) is 14.9 Å². The lowest BCUT2D eigenvalue weighted by atomic mass is 10.1. The molecule has 0 aliphatic rings. The molecule has 154 valence electrons. The van der Waals surface area contributed by atoms with Crippen LogP contribution in [0.25, 0.3) is 5.82 Å². The van der Waals surface area contributed by atoms with Gasteiger partial charge in [-0.15, -0.1) is 0 Å². The molecule has 2 aromatic carbocycles. The molecule has 4 rings (SSSR count). The van der Waals surface area contributed by atoms with Crippen LogP contribution in [0.3, 0.4) is 0 Å². The van der Waals surface area contributed by atoms with Crippen molar-refractivity contribution in [3.63, 3.8) is 0 Å². The normalized spacial score (nSPS) is 10.5. The van der Waals surface area contributed by atoms with E-state index < -0.39 is 10.8 Å². The minimum absolute atomic E-state index is 0.00249. The summed E-state index contributed by atoms with van der Waals surface area (Å²) >= 11 is 0. The fourth-order valence-electron chi connectivity index (χ4n) is 2.95. The number of nitrogens with zero attached hydrogens (tertiary/aromatic N) is 5. The summed E-state index contributed by atoms with van der Waals surface area (Å²) in [4.78, 5) is 31.7. The van der Waals surface area contributed by atoms with Gasteiger partial charge in [0.1, 0.15) is 17.2 Å². The zero-order valence-electron chi connectivity index (χ0n) is 16.4. The van der Waals surface area contributed by atoms with Gasteiger partial charge in [-0.05, 0) is 43.3 Å². The smallest absolute Gasteiger partial charge is 0.282 e. The van der Waals surface area contributed by atoms with Crippen LogP contribution >= 0.6 is 0 Å². The van der Waals surface area contributed by atoms with E-state index in [1.807, 2.05) is 6.07 Å². The molecule has 0 saturated heterocycles. The summed E-state index contributed by atoms with van der Waals surface area (Å²) in [5, 5.41) is 21.2. The van der Waals surface area contributed by atoms with Crippen molar-refractivity contribution in [3.05, 3.63) is 94.6 Å². The molecule has 10 heteroatoms. The third kappa shape index (κ3) is 4.53. The molecule has 0 saturated carbocycles. The molecule has 0 aliphatic carbocycles. The largest absolute Gasteiger partial charge is 0.340 e. The Bertz CT molecular complexity index is 1240. The van der Waals surface area contributed by atoms with Crippen LogP contribution in [-0.2, 0) is 0 Å². The van der Waals surface area contributed by atoms with E-state index in [0.717, 1.165) is 5.69 Å². The van der Waals surface area contributed by atoms with Crippen LogP contribution in [0.4, 0.5) is 22.9 Å². The van der Waals surface area contributed by atoms with Crippen LogP contribution in [0.15, 0.2) is 73.1 Å². The van der Waals surface area contributed by atoms with Gasteiger partial charge in [0.05, 0.1) is 4.92 Å². The Morgan fingerprint density at radius 3 is 2.48 bits per heavy atom. The van der Waals surface area contributed by atoms with Gasteiger partial charge in [0.25, 0.3) is 11.6 Å². The first-order chi connectivity index (χ1) is 15.0. The van der Waals surface area contributed by atoms with Crippen molar-refractivity contribution in [1.82, 2.24) is 19.7 Å². The van der Waals surface area contributed by atoms with E-state index in [1.165, 1.54) is 18.2 Å². The van der Waals surface area contributed by atoms with Gasteiger partial charge in [-0.2, -0.15) is 5.10 Å². The van der Waals surface area contributed by atoms with Crippen LogP contribution in [0.5, 0.6) is 0 Å². The molecular formula is C21H17N7O3. The number of hydrogen-bond donors (Lipinski definition) is 2. The predicted octanol–water partition coefficient (Wildman–Crippen LogP) is 3.87. The zero-order valence-corrected chi connectivity index (χ0v) is 16.4. The van der Waals surface area contributed by atoms with Gasteiger partial charge in [0.2, 0.25) is 0 Å². The van der Waals surface area contributed by atoms with Gasteiger partial charge < -0.3 is 10.6 Å². The number of hydrogen-bond acceptors (Lipinski definition) is 7. The van der Waals surface area contributed by atoms with E-state index in [4.69, 9.17) is 0 Å². The summed E-state index contributed by atoms with van der Waals surface area (Å²) < 4.78 is 1.64. The van der Waals surface area contributed by atoms with E-state index in [2.05, 4.69) is 25.7 Å². The quantitative estimate of drug-likeness (QED) is 0.361. The van der Waals surface area contributed by atoms with Crippen molar-refractivity contribution in [1.29, 1.82) is 0 Å². The Balaban J connectivity index is 1.48. The highest BCUT2D eigenvalue weighted by Crippen LogP contribution is 2.22. The van der Waals surface area contributed by atoms with Crippen LogP contribution in [0.1, 0.15) is 16.2 Å². The van der Waals surface area contributed by atoms with Crippen LogP contribution in [0, 0.1) is 17.0 Å². The second kappa shape index (κ2) is 8.41. The fraction of sp³-hybridized carbons (Fsp3) is 0.0476. The lowest BCUT2D eigenvalue weighted by Crippen LogP contribution is -2.13. The summed E-state index contributed by atoms with van der Waals surface area (Å²) in [7, 11) is 0. The second-order valence-electron chi connectivity index (χ2n) is 6.54. The summed E-state index contributed by atoms with van der Waals surface area (Å²) in [6.07, 6.45) is 3.46. The average Bonchev–Trinajstić information content (AvgIpc) is 3.30. The molecule has 0 unspecified atom stereocenters. The molecular weight excluding hydrogens is 398 g/mol. The van der Waals surface area contributed by atoms with E-state index in [0.29, 0.717) is 23.1 Å². The Hall–Kier alpha value is -4.60. The van der Waals surface area contributed by atoms with Gasteiger partial charge in [0, 0.05) is 35.9 Å². The number of carbonyl (C=O) groups excluding carboxylic acids is 1. The molecule has 0 radical (unpaired) electrons. The van der Waals surface area contributed by atoms with Crippen LogP contribution < -0.4 is 10.6 Å². The van der Waals surface area contributed by atoms with Crippen molar-refractivity contribution in [2.45, 2.75) is 6.92 Å². The highest BCUT2D eigenvalue weighted by Gasteiger charge is 2.19. The van der Waals surface area contributed by atoms with Crippen molar-refractivity contribution in [2.24, 2.45) is 0 Å².